The van der Waals surface area contributed by atoms with Crippen molar-refractivity contribution in [3.05, 3.63) is 58.6 Å². The van der Waals surface area contributed by atoms with Crippen molar-refractivity contribution in [1.82, 2.24) is 0 Å². The number of anilines is 2. The highest BCUT2D eigenvalue weighted by molar-refractivity contribution is 6.31. The number of para-hydroxylation sites is 1. The number of nitrogens with one attached hydrogen (secondary N) is 1. The molecule has 1 aliphatic heterocycles. The Bertz CT molecular complexity index is 714. The number of carbonyl (C=O) groups excluding carboxylic acids is 1. The maximum absolute atomic E-state index is 12.7. The van der Waals surface area contributed by atoms with Gasteiger partial charge in [-0.15, -0.1) is 0 Å². The summed E-state index contributed by atoms with van der Waals surface area (Å²) in [6, 6.07) is 13.5. The number of amides is 1. The third-order valence-corrected chi connectivity index (χ3v) is 4.49. The Kier molecular flexibility index (Phi) is 4.08. The predicted octanol–water partition coefficient (Wildman–Crippen LogP) is 4.04. The van der Waals surface area contributed by atoms with E-state index in [1.54, 1.807) is 0 Å². The number of nitrogens with zero attached hydrogens (tertiary/aromatic N) is 1. The highest BCUT2D eigenvalue weighted by Gasteiger charge is 2.27. The summed E-state index contributed by atoms with van der Waals surface area (Å²) in [5.74, 6) is 0.0849. The molecule has 1 heterocycles. The summed E-state index contributed by atoms with van der Waals surface area (Å²) >= 11 is 6.14. The molecular weight excluding hydrogens is 296 g/mol. The molecule has 0 bridgehead atoms. The van der Waals surface area contributed by atoms with E-state index in [2.05, 4.69) is 11.4 Å². The minimum Gasteiger partial charge on any atom is -0.374 e. The van der Waals surface area contributed by atoms with Gasteiger partial charge in [0, 0.05) is 22.9 Å². The molecule has 114 valence electrons. The molecule has 3 nitrogen and oxygen atoms in total. The molecule has 1 unspecified atom stereocenters. The largest absolute Gasteiger partial charge is 0.374 e. The maximum Gasteiger partial charge on any atom is 0.249 e. The van der Waals surface area contributed by atoms with Crippen LogP contribution in [0.5, 0.6) is 0 Å². The molecule has 1 N–H and O–H groups in total. The number of halogens is 1. The van der Waals surface area contributed by atoms with Crippen LogP contribution in [0.15, 0.2) is 42.5 Å². The first-order valence-electron chi connectivity index (χ1n) is 7.48. The summed E-state index contributed by atoms with van der Waals surface area (Å²) in [6.07, 6.45) is 0.922. The lowest BCUT2D eigenvalue weighted by molar-refractivity contribution is -0.118. The second kappa shape index (κ2) is 6.01. The standard InChI is InChI=1S/C18H19ClN2O/c1-12-7-8-15(11-16(12)19)20-13(2)18(22)21-10-9-14-5-3-4-6-17(14)21/h3-8,11,13,20H,9-10H2,1-2H3. The van der Waals surface area contributed by atoms with Gasteiger partial charge in [-0.25, -0.2) is 0 Å². The van der Waals surface area contributed by atoms with Gasteiger partial charge >= 0.3 is 0 Å². The van der Waals surface area contributed by atoms with Crippen LogP contribution in [-0.2, 0) is 11.2 Å². The van der Waals surface area contributed by atoms with Crippen molar-refractivity contribution < 1.29 is 4.79 Å². The number of benzene rings is 2. The summed E-state index contributed by atoms with van der Waals surface area (Å²) in [5.41, 5.74) is 4.16. The summed E-state index contributed by atoms with van der Waals surface area (Å²) in [6.45, 7) is 4.59. The van der Waals surface area contributed by atoms with Gasteiger partial charge in [-0.1, -0.05) is 35.9 Å². The highest BCUT2D eigenvalue weighted by Crippen LogP contribution is 2.28. The van der Waals surface area contributed by atoms with E-state index in [1.165, 1.54) is 5.56 Å². The SMILES string of the molecule is Cc1ccc(NC(C)C(=O)N2CCc3ccccc32)cc1Cl. The molecule has 0 saturated heterocycles. The molecule has 22 heavy (non-hydrogen) atoms. The number of fused-ring (bicyclic) bond motifs is 1. The van der Waals surface area contributed by atoms with Gasteiger partial charge in [-0.2, -0.15) is 0 Å². The molecule has 0 radical (unpaired) electrons. The molecule has 2 aromatic rings. The Morgan fingerprint density at radius 1 is 1.27 bits per heavy atom. The summed E-state index contributed by atoms with van der Waals surface area (Å²) in [5, 5.41) is 3.95. The van der Waals surface area contributed by atoms with Crippen LogP contribution in [0, 0.1) is 6.92 Å². The molecule has 1 amide bonds. The summed E-state index contributed by atoms with van der Waals surface area (Å²) < 4.78 is 0. The minimum absolute atomic E-state index is 0.0849. The molecular formula is C18H19ClN2O. The van der Waals surface area contributed by atoms with Crippen molar-refractivity contribution in [1.29, 1.82) is 0 Å². The van der Waals surface area contributed by atoms with Gasteiger partial charge in [-0.3, -0.25) is 4.79 Å². The number of aryl methyl sites for hydroxylation is 1. The van der Waals surface area contributed by atoms with E-state index >= 15 is 0 Å². The first-order valence-corrected chi connectivity index (χ1v) is 7.86. The van der Waals surface area contributed by atoms with Crippen LogP contribution in [0.3, 0.4) is 0 Å². The van der Waals surface area contributed by atoms with Crippen LogP contribution in [0.2, 0.25) is 5.02 Å². The molecule has 1 atom stereocenters. The average Bonchev–Trinajstić information content (AvgIpc) is 2.94. The van der Waals surface area contributed by atoms with E-state index in [0.29, 0.717) is 5.02 Å². The van der Waals surface area contributed by atoms with Crippen molar-refractivity contribution in [2.75, 3.05) is 16.8 Å². The van der Waals surface area contributed by atoms with Crippen LogP contribution in [0.4, 0.5) is 11.4 Å². The first kappa shape index (κ1) is 14.9. The zero-order valence-electron chi connectivity index (χ0n) is 12.8. The zero-order chi connectivity index (χ0) is 15.7. The van der Waals surface area contributed by atoms with Crippen molar-refractivity contribution in [2.45, 2.75) is 26.3 Å². The molecule has 0 fully saturated rings. The topological polar surface area (TPSA) is 32.3 Å². The Morgan fingerprint density at radius 3 is 2.82 bits per heavy atom. The Morgan fingerprint density at radius 2 is 2.05 bits per heavy atom. The van der Waals surface area contributed by atoms with Crippen LogP contribution in [-0.4, -0.2) is 18.5 Å². The van der Waals surface area contributed by atoms with Crippen LogP contribution < -0.4 is 10.2 Å². The van der Waals surface area contributed by atoms with E-state index in [0.717, 1.165) is 29.9 Å². The summed E-state index contributed by atoms with van der Waals surface area (Å²) in [7, 11) is 0. The fraction of sp³-hybridized carbons (Fsp3) is 0.278. The van der Waals surface area contributed by atoms with E-state index in [9.17, 15) is 4.79 Å². The Hall–Kier alpha value is -2.00. The van der Waals surface area contributed by atoms with Gasteiger partial charge in [0.2, 0.25) is 5.91 Å². The van der Waals surface area contributed by atoms with Gasteiger partial charge in [0.25, 0.3) is 0 Å². The van der Waals surface area contributed by atoms with Gasteiger partial charge in [0.05, 0.1) is 0 Å². The summed E-state index contributed by atoms with van der Waals surface area (Å²) in [4.78, 5) is 14.6. The third-order valence-electron chi connectivity index (χ3n) is 4.08. The molecule has 0 spiro atoms. The van der Waals surface area contributed by atoms with Crippen molar-refractivity contribution in [2.24, 2.45) is 0 Å². The normalized spacial score (nSPS) is 14.6. The van der Waals surface area contributed by atoms with Crippen molar-refractivity contribution >= 4 is 28.9 Å². The van der Waals surface area contributed by atoms with E-state index in [4.69, 9.17) is 11.6 Å². The molecule has 2 aromatic carbocycles. The lowest BCUT2D eigenvalue weighted by atomic mass is 10.1. The zero-order valence-corrected chi connectivity index (χ0v) is 13.5. The van der Waals surface area contributed by atoms with Crippen LogP contribution in [0.25, 0.3) is 0 Å². The van der Waals surface area contributed by atoms with Crippen LogP contribution >= 0.6 is 11.6 Å². The van der Waals surface area contributed by atoms with Crippen molar-refractivity contribution in [3.8, 4) is 0 Å². The fourth-order valence-electron chi connectivity index (χ4n) is 2.80. The van der Waals surface area contributed by atoms with E-state index in [-0.39, 0.29) is 11.9 Å². The molecule has 0 aromatic heterocycles. The highest BCUT2D eigenvalue weighted by atomic mass is 35.5. The van der Waals surface area contributed by atoms with Gasteiger partial charge in [0.15, 0.2) is 0 Å². The van der Waals surface area contributed by atoms with Gasteiger partial charge in [-0.05, 0) is 49.6 Å². The maximum atomic E-state index is 12.7. The molecule has 0 saturated carbocycles. The average molecular weight is 315 g/mol. The number of hydrogen-bond donors (Lipinski definition) is 1. The molecule has 0 aliphatic carbocycles. The second-order valence-electron chi connectivity index (χ2n) is 5.70. The Balaban J connectivity index is 1.74. The van der Waals surface area contributed by atoms with E-state index in [1.807, 2.05) is 55.1 Å². The second-order valence-corrected chi connectivity index (χ2v) is 6.11. The van der Waals surface area contributed by atoms with Crippen molar-refractivity contribution in [3.63, 3.8) is 0 Å². The van der Waals surface area contributed by atoms with Gasteiger partial charge < -0.3 is 10.2 Å². The predicted molar refractivity (Wildman–Crippen MR) is 91.8 cm³/mol. The van der Waals surface area contributed by atoms with Gasteiger partial charge in [0.1, 0.15) is 6.04 Å². The lowest BCUT2D eigenvalue weighted by Crippen LogP contribution is -2.40. The molecule has 4 heteroatoms. The first-order chi connectivity index (χ1) is 10.6. The Labute approximate surface area is 135 Å². The fourth-order valence-corrected chi connectivity index (χ4v) is 2.98. The lowest BCUT2D eigenvalue weighted by Gasteiger charge is -2.23. The van der Waals surface area contributed by atoms with E-state index < -0.39 is 0 Å². The molecule has 3 rings (SSSR count). The number of rotatable bonds is 3. The number of carbonyl (C=O) groups is 1. The van der Waals surface area contributed by atoms with Crippen LogP contribution in [0.1, 0.15) is 18.1 Å². The minimum atomic E-state index is -0.301. The quantitative estimate of drug-likeness (QED) is 0.927. The monoisotopic (exact) mass is 314 g/mol. The smallest absolute Gasteiger partial charge is 0.249 e. The third kappa shape index (κ3) is 2.81. The molecule has 1 aliphatic rings. The number of hydrogen-bond acceptors (Lipinski definition) is 2.